The number of nitrogens with zero attached hydrogens (tertiary/aromatic N) is 3. The lowest BCUT2D eigenvalue weighted by Crippen LogP contribution is -2.19. The van der Waals surface area contributed by atoms with Crippen LogP contribution >= 0.6 is 0 Å². The van der Waals surface area contributed by atoms with Gasteiger partial charge in [0.1, 0.15) is 18.2 Å². The van der Waals surface area contributed by atoms with E-state index in [2.05, 4.69) is 39.3 Å². The Labute approximate surface area is 154 Å². The quantitative estimate of drug-likeness (QED) is 0.701. The van der Waals surface area contributed by atoms with Gasteiger partial charge in [0.25, 0.3) is 0 Å². The first-order chi connectivity index (χ1) is 12.6. The largest absolute Gasteiger partial charge is 0.487 e. The molecule has 26 heavy (non-hydrogen) atoms. The van der Waals surface area contributed by atoms with Crippen molar-refractivity contribution in [2.24, 2.45) is 0 Å². The molecule has 2 aromatic heterocycles. The van der Waals surface area contributed by atoms with E-state index < -0.39 is 0 Å². The summed E-state index contributed by atoms with van der Waals surface area (Å²) >= 11 is 0. The molecule has 134 valence electrons. The van der Waals surface area contributed by atoms with E-state index in [-0.39, 0.29) is 6.04 Å². The second kappa shape index (κ2) is 8.54. The molecule has 1 atom stereocenters. The zero-order valence-electron chi connectivity index (χ0n) is 15.4. The minimum atomic E-state index is 0.190. The Morgan fingerprint density at radius 1 is 1.04 bits per heavy atom. The Hall–Kier alpha value is -2.79. The number of rotatable bonds is 7. The third kappa shape index (κ3) is 4.86. The number of aromatic nitrogens is 3. The maximum Gasteiger partial charge on any atom is 0.130 e. The molecule has 0 saturated carbocycles. The lowest BCUT2D eigenvalue weighted by atomic mass is 10.1. The molecule has 0 spiro atoms. The molecule has 0 aliphatic carbocycles. The average molecular weight is 348 g/mol. The molecule has 0 aliphatic rings. The van der Waals surface area contributed by atoms with Gasteiger partial charge in [-0.1, -0.05) is 18.2 Å². The van der Waals surface area contributed by atoms with Crippen molar-refractivity contribution < 1.29 is 4.74 Å². The Kier molecular flexibility index (Phi) is 5.92. The molecule has 0 bridgehead atoms. The van der Waals surface area contributed by atoms with Crippen LogP contribution in [0.25, 0.3) is 0 Å². The molecular weight excluding hydrogens is 324 g/mol. The van der Waals surface area contributed by atoms with Gasteiger partial charge in [-0.05, 0) is 50.6 Å². The number of ether oxygens (including phenoxy) is 1. The summed E-state index contributed by atoms with van der Waals surface area (Å²) in [5.41, 5.74) is 4.28. The average Bonchev–Trinajstić information content (AvgIpc) is 2.66. The fourth-order valence-electron chi connectivity index (χ4n) is 2.74. The van der Waals surface area contributed by atoms with E-state index in [4.69, 9.17) is 4.74 Å². The first-order valence-corrected chi connectivity index (χ1v) is 8.77. The first kappa shape index (κ1) is 18.0. The second-order valence-corrected chi connectivity index (χ2v) is 6.31. The summed E-state index contributed by atoms with van der Waals surface area (Å²) in [4.78, 5) is 13.0. The van der Waals surface area contributed by atoms with E-state index in [0.717, 1.165) is 35.1 Å². The monoisotopic (exact) mass is 348 g/mol. The third-order valence-electron chi connectivity index (χ3n) is 4.25. The molecule has 5 heteroatoms. The molecule has 1 N–H and O–H groups in total. The van der Waals surface area contributed by atoms with Gasteiger partial charge in [0, 0.05) is 36.2 Å². The van der Waals surface area contributed by atoms with E-state index >= 15 is 0 Å². The summed E-state index contributed by atoms with van der Waals surface area (Å²) in [6.07, 6.45) is 3.68. The number of hydrogen-bond acceptors (Lipinski definition) is 5. The van der Waals surface area contributed by atoms with Crippen LogP contribution in [0.3, 0.4) is 0 Å². The summed E-state index contributed by atoms with van der Waals surface area (Å²) in [7, 11) is 0. The van der Waals surface area contributed by atoms with Crippen LogP contribution in [0.1, 0.15) is 41.3 Å². The van der Waals surface area contributed by atoms with Crippen molar-refractivity contribution in [3.05, 3.63) is 83.2 Å². The molecule has 0 radical (unpaired) electrons. The predicted octanol–water partition coefficient (Wildman–Crippen LogP) is 3.92. The molecule has 3 aromatic rings. The van der Waals surface area contributed by atoms with Crippen molar-refractivity contribution in [2.75, 3.05) is 0 Å². The zero-order chi connectivity index (χ0) is 18.4. The topological polar surface area (TPSA) is 59.9 Å². The molecule has 0 amide bonds. The standard InChI is InChI=1S/C21H24N4O/c1-15(21-13-24-17(3)25-16(21)2)23-12-18-7-9-20(10-8-18)26-14-19-6-4-5-11-22-19/h4-11,13,15,23H,12,14H2,1-3H3/t15-/m1/s1. The van der Waals surface area contributed by atoms with E-state index in [9.17, 15) is 0 Å². The summed E-state index contributed by atoms with van der Waals surface area (Å²) in [6.45, 7) is 7.31. The summed E-state index contributed by atoms with van der Waals surface area (Å²) < 4.78 is 5.77. The van der Waals surface area contributed by atoms with Gasteiger partial charge in [0.05, 0.1) is 5.69 Å². The van der Waals surface area contributed by atoms with Gasteiger partial charge < -0.3 is 10.1 Å². The molecule has 0 unspecified atom stereocenters. The van der Waals surface area contributed by atoms with Crippen LogP contribution in [0.15, 0.2) is 54.9 Å². The summed E-state index contributed by atoms with van der Waals surface area (Å²) in [6, 6.07) is 14.1. The molecule has 5 nitrogen and oxygen atoms in total. The van der Waals surface area contributed by atoms with Crippen molar-refractivity contribution in [3.8, 4) is 5.75 Å². The minimum Gasteiger partial charge on any atom is -0.487 e. The molecule has 0 aliphatic heterocycles. The van der Waals surface area contributed by atoms with Crippen molar-refractivity contribution in [1.29, 1.82) is 0 Å². The molecule has 1 aromatic carbocycles. The first-order valence-electron chi connectivity index (χ1n) is 8.77. The van der Waals surface area contributed by atoms with E-state index in [1.54, 1.807) is 6.20 Å². The normalized spacial score (nSPS) is 12.0. The van der Waals surface area contributed by atoms with E-state index in [1.165, 1.54) is 5.56 Å². The zero-order valence-corrected chi connectivity index (χ0v) is 15.4. The van der Waals surface area contributed by atoms with Crippen LogP contribution in [0.2, 0.25) is 0 Å². The highest BCUT2D eigenvalue weighted by Crippen LogP contribution is 2.17. The van der Waals surface area contributed by atoms with Crippen LogP contribution in [-0.4, -0.2) is 15.0 Å². The van der Waals surface area contributed by atoms with Crippen LogP contribution in [0.4, 0.5) is 0 Å². The van der Waals surface area contributed by atoms with Crippen molar-refractivity contribution >= 4 is 0 Å². The summed E-state index contributed by atoms with van der Waals surface area (Å²) in [5, 5.41) is 3.52. The maximum atomic E-state index is 5.77. The van der Waals surface area contributed by atoms with Gasteiger partial charge in [-0.25, -0.2) is 9.97 Å². The highest BCUT2D eigenvalue weighted by Gasteiger charge is 2.10. The number of hydrogen-bond donors (Lipinski definition) is 1. The number of pyridine rings is 1. The lowest BCUT2D eigenvalue weighted by molar-refractivity contribution is 0.301. The predicted molar refractivity (Wildman–Crippen MR) is 102 cm³/mol. The van der Waals surface area contributed by atoms with E-state index in [1.807, 2.05) is 50.4 Å². The molecule has 0 fully saturated rings. The lowest BCUT2D eigenvalue weighted by Gasteiger charge is -2.16. The Bertz CT molecular complexity index is 834. The summed E-state index contributed by atoms with van der Waals surface area (Å²) in [5.74, 6) is 1.65. The van der Waals surface area contributed by atoms with Crippen molar-refractivity contribution in [3.63, 3.8) is 0 Å². The Balaban J connectivity index is 1.52. The van der Waals surface area contributed by atoms with Crippen LogP contribution in [0, 0.1) is 13.8 Å². The van der Waals surface area contributed by atoms with Gasteiger partial charge in [0.15, 0.2) is 0 Å². The highest BCUT2D eigenvalue weighted by atomic mass is 16.5. The Morgan fingerprint density at radius 3 is 2.54 bits per heavy atom. The SMILES string of the molecule is Cc1ncc([C@@H](C)NCc2ccc(OCc3ccccn3)cc2)c(C)n1. The fourth-order valence-corrected chi connectivity index (χ4v) is 2.74. The number of aryl methyl sites for hydroxylation is 2. The van der Waals surface area contributed by atoms with Gasteiger partial charge in [-0.15, -0.1) is 0 Å². The number of nitrogens with one attached hydrogen (secondary N) is 1. The molecule has 3 rings (SSSR count). The van der Waals surface area contributed by atoms with Crippen LogP contribution in [-0.2, 0) is 13.2 Å². The van der Waals surface area contributed by atoms with Crippen LogP contribution in [0.5, 0.6) is 5.75 Å². The number of benzene rings is 1. The molecular formula is C21H24N4O. The third-order valence-corrected chi connectivity index (χ3v) is 4.25. The molecule has 0 saturated heterocycles. The van der Waals surface area contributed by atoms with Gasteiger partial charge >= 0.3 is 0 Å². The smallest absolute Gasteiger partial charge is 0.130 e. The Morgan fingerprint density at radius 2 is 1.85 bits per heavy atom. The maximum absolute atomic E-state index is 5.77. The van der Waals surface area contributed by atoms with Gasteiger partial charge in [0.2, 0.25) is 0 Å². The van der Waals surface area contributed by atoms with Crippen LogP contribution < -0.4 is 10.1 Å². The van der Waals surface area contributed by atoms with Crippen molar-refractivity contribution in [1.82, 2.24) is 20.3 Å². The minimum absolute atomic E-state index is 0.190. The van der Waals surface area contributed by atoms with E-state index in [0.29, 0.717) is 6.61 Å². The fraction of sp³-hybridized carbons (Fsp3) is 0.286. The van der Waals surface area contributed by atoms with Crippen molar-refractivity contribution in [2.45, 2.75) is 40.0 Å². The molecule has 2 heterocycles. The van der Waals surface area contributed by atoms with Gasteiger partial charge in [-0.2, -0.15) is 0 Å². The highest BCUT2D eigenvalue weighted by molar-refractivity contribution is 5.28. The van der Waals surface area contributed by atoms with Gasteiger partial charge in [-0.3, -0.25) is 4.98 Å². The second-order valence-electron chi connectivity index (χ2n) is 6.31.